The molecule has 25 heavy (non-hydrogen) atoms. The second-order valence-electron chi connectivity index (χ2n) is 6.32. The number of nitrogens with zero attached hydrogens (tertiary/aromatic N) is 1. The Hall–Kier alpha value is -2.70. The Bertz CT molecular complexity index is 877. The molecule has 0 radical (unpaired) electrons. The number of likely N-dealkylation sites (tertiary alicyclic amines) is 1. The van der Waals surface area contributed by atoms with Crippen molar-refractivity contribution in [3.63, 3.8) is 0 Å². The molecule has 0 saturated carbocycles. The van der Waals surface area contributed by atoms with E-state index in [9.17, 15) is 18.8 Å². The molecule has 0 spiro atoms. The van der Waals surface area contributed by atoms with Gasteiger partial charge in [0.15, 0.2) is 0 Å². The van der Waals surface area contributed by atoms with Crippen molar-refractivity contribution in [2.45, 2.75) is 38.1 Å². The molecule has 1 aliphatic heterocycles. The van der Waals surface area contributed by atoms with Crippen LogP contribution in [0.25, 0.3) is 10.9 Å². The van der Waals surface area contributed by atoms with Crippen LogP contribution in [0.15, 0.2) is 29.1 Å². The van der Waals surface area contributed by atoms with Gasteiger partial charge in [-0.25, -0.2) is 4.39 Å². The minimum atomic E-state index is -0.901. The number of nitrogens with one attached hydrogen (secondary N) is 1. The van der Waals surface area contributed by atoms with Crippen molar-refractivity contribution in [3.8, 4) is 0 Å². The van der Waals surface area contributed by atoms with Gasteiger partial charge in [0.25, 0.3) is 5.91 Å². The number of hydrogen-bond donors (Lipinski definition) is 2. The first-order chi connectivity index (χ1) is 12.0. The van der Waals surface area contributed by atoms with Crippen LogP contribution in [0.2, 0.25) is 0 Å². The number of carboxylic acids is 1. The number of benzene rings is 1. The molecule has 1 unspecified atom stereocenters. The van der Waals surface area contributed by atoms with E-state index in [2.05, 4.69) is 4.98 Å². The number of pyridine rings is 1. The van der Waals surface area contributed by atoms with Crippen LogP contribution in [0.1, 0.15) is 42.5 Å². The summed E-state index contributed by atoms with van der Waals surface area (Å²) in [4.78, 5) is 40.0. The standard InChI is InChI=1S/C18H19FN2O4/c19-11-4-6-15-13(9-11)14(10-16(22)20-15)18(25)21-8-2-1-3-12(21)5-7-17(23)24/h4,6,9-10,12H,1-3,5,7-8H2,(H,20,22)(H,23,24). The summed E-state index contributed by atoms with van der Waals surface area (Å²) >= 11 is 0. The molecule has 2 aromatic rings. The lowest BCUT2D eigenvalue weighted by molar-refractivity contribution is -0.137. The molecular weight excluding hydrogens is 327 g/mol. The van der Waals surface area contributed by atoms with Crippen LogP contribution in [-0.2, 0) is 4.79 Å². The summed E-state index contributed by atoms with van der Waals surface area (Å²) in [5, 5.41) is 9.26. The summed E-state index contributed by atoms with van der Waals surface area (Å²) in [6.07, 6.45) is 2.84. The van der Waals surface area contributed by atoms with E-state index < -0.39 is 17.3 Å². The van der Waals surface area contributed by atoms with Crippen molar-refractivity contribution in [3.05, 3.63) is 46.0 Å². The zero-order valence-electron chi connectivity index (χ0n) is 13.6. The van der Waals surface area contributed by atoms with Gasteiger partial charge in [-0.2, -0.15) is 0 Å². The van der Waals surface area contributed by atoms with Crippen molar-refractivity contribution in [2.75, 3.05) is 6.54 Å². The van der Waals surface area contributed by atoms with Crippen molar-refractivity contribution < 1.29 is 19.1 Å². The Kier molecular flexibility index (Phi) is 4.83. The van der Waals surface area contributed by atoms with Crippen molar-refractivity contribution in [1.29, 1.82) is 0 Å². The Balaban J connectivity index is 1.98. The van der Waals surface area contributed by atoms with Gasteiger partial charge in [0.05, 0.1) is 5.56 Å². The summed E-state index contributed by atoms with van der Waals surface area (Å²) in [6.45, 7) is 0.507. The minimum Gasteiger partial charge on any atom is -0.481 e. The lowest BCUT2D eigenvalue weighted by Gasteiger charge is -2.36. The van der Waals surface area contributed by atoms with E-state index in [4.69, 9.17) is 5.11 Å². The van der Waals surface area contributed by atoms with Gasteiger partial charge in [-0.3, -0.25) is 14.4 Å². The molecule has 0 aliphatic carbocycles. The zero-order valence-corrected chi connectivity index (χ0v) is 13.6. The Labute approximate surface area is 143 Å². The first-order valence-electron chi connectivity index (χ1n) is 8.31. The summed E-state index contributed by atoms with van der Waals surface area (Å²) < 4.78 is 13.6. The van der Waals surface area contributed by atoms with E-state index in [1.807, 2.05) is 0 Å². The fourth-order valence-electron chi connectivity index (χ4n) is 3.42. The molecule has 1 amide bonds. The smallest absolute Gasteiger partial charge is 0.303 e. The van der Waals surface area contributed by atoms with Gasteiger partial charge < -0.3 is 15.0 Å². The molecule has 2 N–H and O–H groups in total. The van der Waals surface area contributed by atoms with Crippen molar-refractivity contribution >= 4 is 22.8 Å². The fraction of sp³-hybridized carbons (Fsp3) is 0.389. The number of hydrogen-bond acceptors (Lipinski definition) is 3. The molecule has 1 saturated heterocycles. The first-order valence-corrected chi connectivity index (χ1v) is 8.31. The third-order valence-corrected chi connectivity index (χ3v) is 4.61. The number of amides is 1. The van der Waals surface area contributed by atoms with E-state index >= 15 is 0 Å². The van der Waals surface area contributed by atoms with Gasteiger partial charge in [-0.1, -0.05) is 0 Å². The lowest BCUT2D eigenvalue weighted by Crippen LogP contribution is -2.44. The maximum atomic E-state index is 13.6. The topological polar surface area (TPSA) is 90.5 Å². The van der Waals surface area contributed by atoms with Crippen molar-refractivity contribution in [1.82, 2.24) is 9.88 Å². The number of aromatic nitrogens is 1. The zero-order chi connectivity index (χ0) is 18.0. The Morgan fingerprint density at radius 2 is 2.08 bits per heavy atom. The number of fused-ring (bicyclic) bond motifs is 1. The second-order valence-corrected chi connectivity index (χ2v) is 6.32. The second kappa shape index (κ2) is 7.04. The number of aromatic amines is 1. The van der Waals surface area contributed by atoms with Gasteiger partial charge in [-0.05, 0) is 43.9 Å². The maximum absolute atomic E-state index is 13.6. The SMILES string of the molecule is O=C(O)CCC1CCCCN1C(=O)c1cc(=O)[nH]c2ccc(F)cc12. The van der Waals surface area contributed by atoms with Crippen LogP contribution in [0, 0.1) is 5.82 Å². The van der Waals surface area contributed by atoms with Gasteiger partial charge >= 0.3 is 5.97 Å². The molecule has 0 bridgehead atoms. The molecule has 3 rings (SSSR count). The number of H-pyrrole nitrogens is 1. The van der Waals surface area contributed by atoms with Crippen LogP contribution in [0.3, 0.4) is 0 Å². The van der Waals surface area contributed by atoms with E-state index in [0.29, 0.717) is 23.9 Å². The van der Waals surface area contributed by atoms with Gasteiger partial charge in [0.2, 0.25) is 5.56 Å². The highest BCUT2D eigenvalue weighted by molar-refractivity contribution is 6.06. The molecule has 1 fully saturated rings. The normalized spacial score (nSPS) is 17.6. The van der Waals surface area contributed by atoms with E-state index in [1.54, 1.807) is 4.90 Å². The highest BCUT2D eigenvalue weighted by Gasteiger charge is 2.29. The molecule has 7 heteroatoms. The van der Waals surface area contributed by atoms with E-state index in [0.717, 1.165) is 19.3 Å². The molecule has 1 aromatic carbocycles. The van der Waals surface area contributed by atoms with Gasteiger partial charge in [0, 0.05) is 36.0 Å². The minimum absolute atomic E-state index is 0.0147. The molecule has 132 valence electrons. The Morgan fingerprint density at radius 1 is 1.28 bits per heavy atom. The highest BCUT2D eigenvalue weighted by atomic mass is 19.1. The first kappa shape index (κ1) is 17.1. The summed E-state index contributed by atoms with van der Waals surface area (Å²) in [7, 11) is 0. The maximum Gasteiger partial charge on any atom is 0.303 e. The molecule has 1 aliphatic rings. The predicted octanol–water partition coefficient (Wildman–Crippen LogP) is 2.53. The van der Waals surface area contributed by atoms with Crippen LogP contribution in [-0.4, -0.2) is 39.5 Å². The fourth-order valence-corrected chi connectivity index (χ4v) is 3.42. The Morgan fingerprint density at radius 3 is 2.84 bits per heavy atom. The molecular formula is C18H19FN2O4. The van der Waals surface area contributed by atoms with Crippen LogP contribution < -0.4 is 5.56 Å². The number of carboxylic acid groups (broad SMARTS) is 1. The average molecular weight is 346 g/mol. The molecule has 2 heterocycles. The monoisotopic (exact) mass is 346 g/mol. The van der Waals surface area contributed by atoms with E-state index in [1.165, 1.54) is 24.3 Å². The largest absolute Gasteiger partial charge is 0.481 e. The third-order valence-electron chi connectivity index (χ3n) is 4.61. The van der Waals surface area contributed by atoms with Crippen molar-refractivity contribution in [2.24, 2.45) is 0 Å². The number of aliphatic carboxylic acids is 1. The quantitative estimate of drug-likeness (QED) is 0.890. The molecule has 1 aromatic heterocycles. The van der Waals surface area contributed by atoms with Crippen LogP contribution in [0.5, 0.6) is 0 Å². The number of halogens is 1. The van der Waals surface area contributed by atoms with Crippen LogP contribution in [0.4, 0.5) is 4.39 Å². The van der Waals surface area contributed by atoms with E-state index in [-0.39, 0.29) is 23.9 Å². The summed E-state index contributed by atoms with van der Waals surface area (Å²) in [6, 6.07) is 4.89. The van der Waals surface area contributed by atoms with Gasteiger partial charge in [0.1, 0.15) is 5.82 Å². The molecule has 6 nitrogen and oxygen atoms in total. The summed E-state index contributed by atoms with van der Waals surface area (Å²) in [5.41, 5.74) is 0.123. The number of piperidine rings is 1. The number of carbonyl (C=O) groups excluding carboxylic acids is 1. The average Bonchev–Trinajstić information content (AvgIpc) is 2.59. The number of carbonyl (C=O) groups is 2. The molecule has 1 atom stereocenters. The number of rotatable bonds is 4. The van der Waals surface area contributed by atoms with Gasteiger partial charge in [-0.15, -0.1) is 0 Å². The predicted molar refractivity (Wildman–Crippen MR) is 90.1 cm³/mol. The highest BCUT2D eigenvalue weighted by Crippen LogP contribution is 2.25. The third kappa shape index (κ3) is 3.70. The summed E-state index contributed by atoms with van der Waals surface area (Å²) in [5.74, 6) is -1.74. The lowest BCUT2D eigenvalue weighted by atomic mass is 9.96. The van der Waals surface area contributed by atoms with Crippen LogP contribution >= 0.6 is 0 Å².